The molecule has 0 aromatic carbocycles. The highest BCUT2D eigenvalue weighted by Gasteiger charge is 2.18. The van der Waals surface area contributed by atoms with Gasteiger partial charge in [0, 0.05) is 13.1 Å². The maximum absolute atomic E-state index is 7.08. The minimum absolute atomic E-state index is 0.00630. The zero-order valence-electron chi connectivity index (χ0n) is 7.21. The Kier molecular flexibility index (Phi) is 3.10. The summed E-state index contributed by atoms with van der Waals surface area (Å²) >= 11 is 0. The molecule has 0 aromatic heterocycles. The van der Waals surface area contributed by atoms with Crippen LogP contribution in [0.5, 0.6) is 0 Å². The molecule has 12 heavy (non-hydrogen) atoms. The van der Waals surface area contributed by atoms with Gasteiger partial charge < -0.3 is 11.1 Å². The highest BCUT2D eigenvalue weighted by Crippen LogP contribution is 2.10. The van der Waals surface area contributed by atoms with Crippen LogP contribution in [0.3, 0.4) is 0 Å². The van der Waals surface area contributed by atoms with Gasteiger partial charge in [-0.15, -0.1) is 0 Å². The van der Waals surface area contributed by atoms with E-state index in [0.717, 1.165) is 13.1 Å². The summed E-state index contributed by atoms with van der Waals surface area (Å²) in [5, 5.41) is 9.92. The smallest absolute Gasteiger partial charge is 0.187 e. The lowest BCUT2D eigenvalue weighted by molar-refractivity contribution is 0.269. The predicted molar refractivity (Wildman–Crippen MR) is 49.8 cm³/mol. The van der Waals surface area contributed by atoms with Gasteiger partial charge in [0.25, 0.3) is 0 Å². The van der Waals surface area contributed by atoms with E-state index in [-0.39, 0.29) is 12.1 Å². The van der Waals surface area contributed by atoms with E-state index in [9.17, 15) is 0 Å². The Labute approximate surface area is 72.9 Å². The third-order valence-electron chi connectivity index (χ3n) is 2.06. The second-order valence-electron chi connectivity index (χ2n) is 2.98. The fourth-order valence-corrected chi connectivity index (χ4v) is 1.48. The van der Waals surface area contributed by atoms with Crippen molar-refractivity contribution >= 4 is 5.96 Å². The molecule has 1 unspecified atom stereocenters. The van der Waals surface area contributed by atoms with E-state index in [1.54, 1.807) is 6.08 Å². The molecule has 4 N–H and O–H groups in total. The van der Waals surface area contributed by atoms with Crippen LogP contribution in [0.25, 0.3) is 0 Å². The highest BCUT2D eigenvalue weighted by atomic mass is 15.3. The van der Waals surface area contributed by atoms with Crippen molar-refractivity contribution < 1.29 is 0 Å². The molecule has 68 valence electrons. The van der Waals surface area contributed by atoms with Crippen LogP contribution in [-0.4, -0.2) is 30.1 Å². The molecule has 0 spiro atoms. The first-order valence-electron chi connectivity index (χ1n) is 4.21. The van der Waals surface area contributed by atoms with Gasteiger partial charge in [-0.2, -0.15) is 0 Å². The standard InChI is InChI=1S/C8H16N4/c1-2-7(11-8(9)10)12-5-3-4-6-12/h2,7H,1,3-6H2,(H4,9,10,11). The van der Waals surface area contributed by atoms with Crippen LogP contribution in [-0.2, 0) is 0 Å². The Morgan fingerprint density at radius 2 is 2.17 bits per heavy atom. The second-order valence-corrected chi connectivity index (χ2v) is 2.98. The fraction of sp³-hybridized carbons (Fsp3) is 0.625. The van der Waals surface area contributed by atoms with E-state index in [2.05, 4.69) is 16.8 Å². The van der Waals surface area contributed by atoms with Gasteiger partial charge in [-0.05, 0) is 12.8 Å². The van der Waals surface area contributed by atoms with Gasteiger partial charge in [-0.25, -0.2) is 0 Å². The minimum Gasteiger partial charge on any atom is -0.370 e. The van der Waals surface area contributed by atoms with Gasteiger partial charge in [0.1, 0.15) is 6.17 Å². The van der Waals surface area contributed by atoms with E-state index < -0.39 is 0 Å². The molecule has 4 nitrogen and oxygen atoms in total. The van der Waals surface area contributed by atoms with Crippen LogP contribution in [0.4, 0.5) is 0 Å². The van der Waals surface area contributed by atoms with Gasteiger partial charge in [-0.3, -0.25) is 10.3 Å². The first-order chi connectivity index (χ1) is 5.74. The Balaban J connectivity index is 2.42. The lowest BCUT2D eigenvalue weighted by atomic mass is 10.4. The van der Waals surface area contributed by atoms with Crippen LogP contribution in [0.2, 0.25) is 0 Å². The molecule has 0 aliphatic carbocycles. The number of rotatable bonds is 3. The Morgan fingerprint density at radius 3 is 2.58 bits per heavy atom. The molecule has 1 fully saturated rings. The van der Waals surface area contributed by atoms with Crippen molar-refractivity contribution in [2.75, 3.05) is 13.1 Å². The summed E-state index contributed by atoms with van der Waals surface area (Å²) in [4.78, 5) is 2.23. The van der Waals surface area contributed by atoms with Crippen LogP contribution in [0.1, 0.15) is 12.8 Å². The van der Waals surface area contributed by atoms with E-state index in [4.69, 9.17) is 11.1 Å². The topological polar surface area (TPSA) is 65.1 Å². The third kappa shape index (κ3) is 2.23. The number of hydrogen-bond donors (Lipinski definition) is 3. The van der Waals surface area contributed by atoms with Crippen molar-refractivity contribution in [3.8, 4) is 0 Å². The summed E-state index contributed by atoms with van der Waals surface area (Å²) in [5.74, 6) is 0.00630. The number of guanidine groups is 1. The number of hydrogen-bond acceptors (Lipinski definition) is 2. The second kappa shape index (κ2) is 4.11. The van der Waals surface area contributed by atoms with Crippen molar-refractivity contribution in [2.45, 2.75) is 19.0 Å². The maximum atomic E-state index is 7.08. The van der Waals surface area contributed by atoms with Crippen LogP contribution in [0.15, 0.2) is 12.7 Å². The van der Waals surface area contributed by atoms with E-state index in [1.165, 1.54) is 12.8 Å². The van der Waals surface area contributed by atoms with Gasteiger partial charge in [0.15, 0.2) is 5.96 Å². The van der Waals surface area contributed by atoms with Crippen molar-refractivity contribution in [2.24, 2.45) is 5.73 Å². The lowest BCUT2D eigenvalue weighted by Crippen LogP contribution is -2.47. The molecule has 1 heterocycles. The molecule has 1 aliphatic heterocycles. The first kappa shape index (κ1) is 9.06. The Morgan fingerprint density at radius 1 is 1.58 bits per heavy atom. The molecule has 0 radical (unpaired) electrons. The molecule has 4 heteroatoms. The van der Waals surface area contributed by atoms with Gasteiger partial charge >= 0.3 is 0 Å². The quantitative estimate of drug-likeness (QED) is 0.317. The minimum atomic E-state index is 0.00630. The zero-order chi connectivity index (χ0) is 8.97. The summed E-state index contributed by atoms with van der Waals surface area (Å²) in [6, 6.07) is 0. The van der Waals surface area contributed by atoms with Gasteiger partial charge in [0.2, 0.25) is 0 Å². The largest absolute Gasteiger partial charge is 0.370 e. The molecule has 1 saturated heterocycles. The van der Waals surface area contributed by atoms with E-state index >= 15 is 0 Å². The molecule has 0 bridgehead atoms. The highest BCUT2D eigenvalue weighted by molar-refractivity contribution is 5.74. The molecule has 0 saturated carbocycles. The third-order valence-corrected chi connectivity index (χ3v) is 2.06. The molecule has 1 aliphatic rings. The molecule has 1 atom stereocenters. The fourth-order valence-electron chi connectivity index (χ4n) is 1.48. The lowest BCUT2D eigenvalue weighted by Gasteiger charge is -2.25. The summed E-state index contributed by atoms with van der Waals surface area (Å²) in [7, 11) is 0. The average molecular weight is 168 g/mol. The Hall–Kier alpha value is -1.03. The van der Waals surface area contributed by atoms with Crippen molar-refractivity contribution in [1.82, 2.24) is 10.2 Å². The number of nitrogens with one attached hydrogen (secondary N) is 2. The van der Waals surface area contributed by atoms with Gasteiger partial charge in [-0.1, -0.05) is 12.7 Å². The summed E-state index contributed by atoms with van der Waals surface area (Å²) in [6.45, 7) is 5.84. The van der Waals surface area contributed by atoms with Crippen molar-refractivity contribution in [1.29, 1.82) is 5.41 Å². The van der Waals surface area contributed by atoms with Crippen LogP contribution in [0, 0.1) is 5.41 Å². The Bertz CT molecular complexity index is 172. The van der Waals surface area contributed by atoms with Gasteiger partial charge in [0.05, 0.1) is 0 Å². The zero-order valence-corrected chi connectivity index (χ0v) is 7.21. The van der Waals surface area contributed by atoms with Crippen LogP contribution >= 0.6 is 0 Å². The molecular weight excluding hydrogens is 152 g/mol. The average Bonchev–Trinajstić information content (AvgIpc) is 2.51. The molecule has 0 aromatic rings. The monoisotopic (exact) mass is 168 g/mol. The SMILES string of the molecule is C=CC(NC(=N)N)N1CCCC1. The van der Waals surface area contributed by atoms with Crippen molar-refractivity contribution in [3.05, 3.63) is 12.7 Å². The van der Waals surface area contributed by atoms with E-state index in [1.807, 2.05) is 0 Å². The molecular formula is C8H16N4. The maximum Gasteiger partial charge on any atom is 0.187 e. The normalized spacial score (nSPS) is 20.3. The molecule has 0 amide bonds. The number of likely N-dealkylation sites (tertiary alicyclic amines) is 1. The summed E-state index contributed by atoms with van der Waals surface area (Å²) < 4.78 is 0. The summed E-state index contributed by atoms with van der Waals surface area (Å²) in [6.07, 6.45) is 4.27. The van der Waals surface area contributed by atoms with Crippen molar-refractivity contribution in [3.63, 3.8) is 0 Å². The molecule has 1 rings (SSSR count). The van der Waals surface area contributed by atoms with E-state index in [0.29, 0.717) is 0 Å². The van der Waals surface area contributed by atoms with Crippen LogP contribution < -0.4 is 11.1 Å². The predicted octanol–water partition coefficient (Wildman–Crippen LogP) is 0.0774. The number of nitrogens with zero attached hydrogens (tertiary/aromatic N) is 1. The summed E-state index contributed by atoms with van der Waals surface area (Å²) in [5.41, 5.74) is 5.23. The first-order valence-corrected chi connectivity index (χ1v) is 4.21. The number of nitrogens with two attached hydrogens (primary N) is 1.